The van der Waals surface area contributed by atoms with Crippen LogP contribution in [0.1, 0.15) is 19.5 Å². The zero-order valence-electron chi connectivity index (χ0n) is 9.16. The Kier molecular flexibility index (Phi) is 5.07. The van der Waals surface area contributed by atoms with Gasteiger partial charge in [-0.05, 0) is 20.5 Å². The van der Waals surface area contributed by atoms with E-state index in [9.17, 15) is 0 Å². The highest BCUT2D eigenvalue weighted by Gasteiger charge is 2.04. The second-order valence-electron chi connectivity index (χ2n) is 3.62. The minimum absolute atomic E-state index is 0.515. The lowest BCUT2D eigenvalue weighted by atomic mass is 10.3. The summed E-state index contributed by atoms with van der Waals surface area (Å²) >= 11 is 1.65. The number of rotatable bonds is 6. The third-order valence-corrected chi connectivity index (χ3v) is 2.88. The second kappa shape index (κ2) is 6.11. The fourth-order valence-electron chi connectivity index (χ4n) is 1.26. The maximum Gasteiger partial charge on any atom is 0.0795 e. The molecular weight excluding hydrogens is 194 g/mol. The fourth-order valence-corrected chi connectivity index (χ4v) is 1.82. The maximum atomic E-state index is 4.23. The van der Waals surface area contributed by atoms with E-state index in [-0.39, 0.29) is 0 Å². The van der Waals surface area contributed by atoms with Gasteiger partial charge in [-0.1, -0.05) is 6.92 Å². The van der Waals surface area contributed by atoms with Gasteiger partial charge in [-0.25, -0.2) is 4.98 Å². The fraction of sp³-hybridized carbons (Fsp3) is 0.700. The van der Waals surface area contributed by atoms with Gasteiger partial charge in [0.05, 0.1) is 11.2 Å². The summed E-state index contributed by atoms with van der Waals surface area (Å²) in [6.45, 7) is 7.44. The summed E-state index contributed by atoms with van der Waals surface area (Å²) in [4.78, 5) is 6.53. The summed E-state index contributed by atoms with van der Waals surface area (Å²) < 4.78 is 0. The molecule has 1 aromatic heterocycles. The Labute approximate surface area is 90.2 Å². The van der Waals surface area contributed by atoms with Crippen LogP contribution >= 0.6 is 11.3 Å². The van der Waals surface area contributed by atoms with Crippen LogP contribution in [0.4, 0.5) is 0 Å². The van der Waals surface area contributed by atoms with Crippen molar-refractivity contribution in [2.75, 3.05) is 20.1 Å². The summed E-state index contributed by atoms with van der Waals surface area (Å²) in [5, 5.41) is 5.54. The number of likely N-dealkylation sites (N-methyl/N-ethyl adjacent to an activating group) is 1. The average Bonchev–Trinajstić information content (AvgIpc) is 2.67. The van der Waals surface area contributed by atoms with Crippen molar-refractivity contribution >= 4 is 11.3 Å². The minimum Gasteiger partial charge on any atom is -0.307 e. The minimum atomic E-state index is 0.515. The number of thiazole rings is 1. The molecule has 0 aliphatic rings. The van der Waals surface area contributed by atoms with Crippen molar-refractivity contribution in [3.63, 3.8) is 0 Å². The zero-order chi connectivity index (χ0) is 10.4. The van der Waals surface area contributed by atoms with E-state index in [1.165, 1.54) is 0 Å². The molecule has 0 amide bonds. The topological polar surface area (TPSA) is 28.2 Å². The molecule has 3 nitrogen and oxygen atoms in total. The van der Waals surface area contributed by atoms with Crippen LogP contribution in [0.3, 0.4) is 0 Å². The summed E-state index contributed by atoms with van der Waals surface area (Å²) in [5.41, 5.74) is 3.01. The van der Waals surface area contributed by atoms with Gasteiger partial charge in [-0.3, -0.25) is 0 Å². The first-order valence-corrected chi connectivity index (χ1v) is 5.95. The SMILES string of the molecule is CCN(C)CC(C)NCc1cscn1. The van der Waals surface area contributed by atoms with Crippen molar-refractivity contribution in [3.05, 3.63) is 16.6 Å². The van der Waals surface area contributed by atoms with E-state index in [1.807, 2.05) is 5.51 Å². The van der Waals surface area contributed by atoms with E-state index in [1.54, 1.807) is 11.3 Å². The van der Waals surface area contributed by atoms with Crippen molar-refractivity contribution in [2.45, 2.75) is 26.4 Å². The van der Waals surface area contributed by atoms with Crippen LogP contribution < -0.4 is 5.32 Å². The molecule has 0 bridgehead atoms. The average molecular weight is 213 g/mol. The third kappa shape index (κ3) is 4.17. The molecule has 1 N–H and O–H groups in total. The van der Waals surface area contributed by atoms with Gasteiger partial charge in [0.25, 0.3) is 0 Å². The standard InChI is InChI=1S/C10H19N3S/c1-4-13(3)6-9(2)11-5-10-7-14-8-12-10/h7-9,11H,4-6H2,1-3H3. The van der Waals surface area contributed by atoms with E-state index >= 15 is 0 Å². The van der Waals surface area contributed by atoms with Crippen LogP contribution in [0.5, 0.6) is 0 Å². The third-order valence-electron chi connectivity index (χ3n) is 2.24. The molecule has 80 valence electrons. The summed E-state index contributed by atoms with van der Waals surface area (Å²) in [5.74, 6) is 0. The van der Waals surface area contributed by atoms with Crippen LogP contribution in [-0.4, -0.2) is 36.1 Å². The highest BCUT2D eigenvalue weighted by molar-refractivity contribution is 7.07. The molecule has 0 aromatic carbocycles. The monoisotopic (exact) mass is 213 g/mol. The molecule has 1 heterocycles. The van der Waals surface area contributed by atoms with Crippen molar-refractivity contribution in [2.24, 2.45) is 0 Å². The number of nitrogens with zero attached hydrogens (tertiary/aromatic N) is 2. The summed E-state index contributed by atoms with van der Waals surface area (Å²) in [6.07, 6.45) is 0. The second-order valence-corrected chi connectivity index (χ2v) is 4.34. The largest absolute Gasteiger partial charge is 0.307 e. The van der Waals surface area contributed by atoms with Gasteiger partial charge in [0, 0.05) is 24.5 Å². The van der Waals surface area contributed by atoms with E-state index in [2.05, 4.69) is 41.5 Å². The van der Waals surface area contributed by atoms with Crippen molar-refractivity contribution < 1.29 is 0 Å². The molecule has 0 aliphatic heterocycles. The van der Waals surface area contributed by atoms with E-state index in [0.717, 1.165) is 25.3 Å². The van der Waals surface area contributed by atoms with E-state index in [0.29, 0.717) is 6.04 Å². The highest BCUT2D eigenvalue weighted by Crippen LogP contribution is 2.00. The zero-order valence-corrected chi connectivity index (χ0v) is 9.97. The Morgan fingerprint density at radius 2 is 2.43 bits per heavy atom. The molecule has 1 aromatic rings. The van der Waals surface area contributed by atoms with Gasteiger partial charge in [0.2, 0.25) is 0 Å². The van der Waals surface area contributed by atoms with Crippen LogP contribution in [0.25, 0.3) is 0 Å². The molecule has 1 unspecified atom stereocenters. The van der Waals surface area contributed by atoms with Gasteiger partial charge >= 0.3 is 0 Å². The van der Waals surface area contributed by atoms with E-state index in [4.69, 9.17) is 0 Å². The molecule has 1 atom stereocenters. The first-order valence-electron chi connectivity index (χ1n) is 5.01. The molecule has 0 saturated heterocycles. The summed E-state index contributed by atoms with van der Waals surface area (Å²) in [6, 6.07) is 0.515. The normalized spacial score (nSPS) is 13.4. The molecule has 1 rings (SSSR count). The van der Waals surface area contributed by atoms with Crippen LogP contribution in [0.15, 0.2) is 10.9 Å². The lowest BCUT2D eigenvalue weighted by Crippen LogP contribution is -2.36. The van der Waals surface area contributed by atoms with E-state index < -0.39 is 0 Å². The van der Waals surface area contributed by atoms with Crippen LogP contribution in [0, 0.1) is 0 Å². The Morgan fingerprint density at radius 1 is 1.64 bits per heavy atom. The lowest BCUT2D eigenvalue weighted by molar-refractivity contribution is 0.309. The number of hydrogen-bond acceptors (Lipinski definition) is 4. The predicted octanol–water partition coefficient (Wildman–Crippen LogP) is 1.57. The van der Waals surface area contributed by atoms with Gasteiger partial charge in [0.15, 0.2) is 0 Å². The molecule has 0 aliphatic carbocycles. The molecular formula is C10H19N3S. The molecule has 0 radical (unpaired) electrons. The first-order chi connectivity index (χ1) is 6.72. The molecule has 14 heavy (non-hydrogen) atoms. The first kappa shape index (κ1) is 11.6. The van der Waals surface area contributed by atoms with Crippen molar-refractivity contribution in [1.82, 2.24) is 15.2 Å². The number of hydrogen-bond donors (Lipinski definition) is 1. The maximum absolute atomic E-state index is 4.23. The molecule has 0 saturated carbocycles. The Hall–Kier alpha value is -0.450. The predicted molar refractivity (Wildman–Crippen MR) is 61.6 cm³/mol. The van der Waals surface area contributed by atoms with Gasteiger partial charge in [-0.15, -0.1) is 11.3 Å². The van der Waals surface area contributed by atoms with Gasteiger partial charge in [-0.2, -0.15) is 0 Å². The molecule has 4 heteroatoms. The highest BCUT2D eigenvalue weighted by atomic mass is 32.1. The molecule has 0 spiro atoms. The van der Waals surface area contributed by atoms with Gasteiger partial charge < -0.3 is 10.2 Å². The Balaban J connectivity index is 2.18. The smallest absolute Gasteiger partial charge is 0.0795 e. The van der Waals surface area contributed by atoms with Crippen molar-refractivity contribution in [3.8, 4) is 0 Å². The Bertz CT molecular complexity index is 236. The van der Waals surface area contributed by atoms with Crippen molar-refractivity contribution in [1.29, 1.82) is 0 Å². The molecule has 0 fully saturated rings. The van der Waals surface area contributed by atoms with Gasteiger partial charge in [0.1, 0.15) is 0 Å². The number of nitrogens with one attached hydrogen (secondary N) is 1. The quantitative estimate of drug-likeness (QED) is 0.777. The van der Waals surface area contributed by atoms with Crippen LogP contribution in [-0.2, 0) is 6.54 Å². The lowest BCUT2D eigenvalue weighted by Gasteiger charge is -2.20. The van der Waals surface area contributed by atoms with Crippen LogP contribution in [0.2, 0.25) is 0 Å². The summed E-state index contributed by atoms with van der Waals surface area (Å²) in [7, 11) is 2.14. The Morgan fingerprint density at radius 3 is 3.00 bits per heavy atom. The number of aromatic nitrogens is 1.